The molecular weight excluding hydrogens is 288 g/mol. The summed E-state index contributed by atoms with van der Waals surface area (Å²) in [6.45, 7) is 3.63. The number of halogens is 1. The van der Waals surface area contributed by atoms with Gasteiger partial charge in [-0.2, -0.15) is 0 Å². The van der Waals surface area contributed by atoms with Gasteiger partial charge in [-0.25, -0.2) is 0 Å². The van der Waals surface area contributed by atoms with Crippen molar-refractivity contribution in [3.8, 4) is 0 Å². The number of fused-ring (bicyclic) bond motifs is 3. The second kappa shape index (κ2) is 4.75. The van der Waals surface area contributed by atoms with Crippen LogP contribution in [0.2, 0.25) is 5.02 Å². The number of aromatic nitrogens is 1. The molecular formula is C16H17ClN2O2. The first kappa shape index (κ1) is 13.2. The van der Waals surface area contributed by atoms with Crippen molar-refractivity contribution in [3.63, 3.8) is 0 Å². The Morgan fingerprint density at radius 2 is 2.29 bits per heavy atom. The van der Waals surface area contributed by atoms with Crippen molar-refractivity contribution in [3.05, 3.63) is 34.5 Å². The summed E-state index contributed by atoms with van der Waals surface area (Å²) < 4.78 is 5.29. The van der Waals surface area contributed by atoms with Gasteiger partial charge in [-0.05, 0) is 30.7 Å². The Hall–Kier alpha value is -1.52. The highest BCUT2D eigenvalue weighted by atomic mass is 35.5. The predicted molar refractivity (Wildman–Crippen MR) is 81.4 cm³/mol. The van der Waals surface area contributed by atoms with E-state index in [9.17, 15) is 4.79 Å². The molecule has 1 saturated heterocycles. The minimum atomic E-state index is -0.0997. The maximum absolute atomic E-state index is 12.0. The van der Waals surface area contributed by atoms with Crippen LogP contribution in [0, 0.1) is 0 Å². The van der Waals surface area contributed by atoms with Crippen LogP contribution in [-0.2, 0) is 22.5 Å². The molecule has 4 nitrogen and oxygen atoms in total. The summed E-state index contributed by atoms with van der Waals surface area (Å²) in [4.78, 5) is 17.7. The summed E-state index contributed by atoms with van der Waals surface area (Å²) in [5, 5.41) is 1.91. The third-order valence-electron chi connectivity index (χ3n) is 4.55. The number of ether oxygens (including phenoxy) is 1. The zero-order chi connectivity index (χ0) is 14.6. The van der Waals surface area contributed by atoms with Crippen molar-refractivity contribution in [2.75, 3.05) is 6.54 Å². The molecule has 2 atom stereocenters. The minimum absolute atomic E-state index is 0.0290. The van der Waals surface area contributed by atoms with Gasteiger partial charge >= 0.3 is 5.97 Å². The summed E-state index contributed by atoms with van der Waals surface area (Å²) in [5.41, 5.74) is 3.66. The molecule has 1 aromatic heterocycles. The number of hydrogen-bond donors (Lipinski definition) is 1. The van der Waals surface area contributed by atoms with E-state index in [1.54, 1.807) is 0 Å². The van der Waals surface area contributed by atoms with Gasteiger partial charge < -0.3 is 9.72 Å². The van der Waals surface area contributed by atoms with Gasteiger partial charge in [0.05, 0.1) is 0 Å². The van der Waals surface area contributed by atoms with E-state index in [4.69, 9.17) is 16.3 Å². The highest BCUT2D eigenvalue weighted by Crippen LogP contribution is 2.32. The molecule has 1 fully saturated rings. The van der Waals surface area contributed by atoms with E-state index in [0.717, 1.165) is 36.5 Å². The van der Waals surface area contributed by atoms with Gasteiger partial charge in [0.25, 0.3) is 0 Å². The monoisotopic (exact) mass is 304 g/mol. The van der Waals surface area contributed by atoms with E-state index >= 15 is 0 Å². The summed E-state index contributed by atoms with van der Waals surface area (Å²) in [5.74, 6) is -0.0798. The molecule has 2 aromatic rings. The molecule has 0 amide bonds. The second-order valence-corrected chi connectivity index (χ2v) is 6.43. The lowest BCUT2D eigenvalue weighted by Gasteiger charge is -2.30. The number of nitrogens with zero attached hydrogens (tertiary/aromatic N) is 1. The zero-order valence-corrected chi connectivity index (χ0v) is 12.6. The molecule has 1 N–H and O–H groups in total. The summed E-state index contributed by atoms with van der Waals surface area (Å²) in [6.07, 6.45) is 1.75. The molecule has 110 valence electrons. The van der Waals surface area contributed by atoms with Crippen LogP contribution in [0.5, 0.6) is 0 Å². The van der Waals surface area contributed by atoms with E-state index in [1.165, 1.54) is 16.6 Å². The second-order valence-electron chi connectivity index (χ2n) is 5.99. The number of esters is 1. The molecule has 0 radical (unpaired) electrons. The predicted octanol–water partition coefficient (Wildman–Crippen LogP) is 2.88. The van der Waals surface area contributed by atoms with Gasteiger partial charge in [-0.3, -0.25) is 9.69 Å². The fourth-order valence-corrected chi connectivity index (χ4v) is 3.68. The Bertz CT molecular complexity index is 724. The van der Waals surface area contributed by atoms with Gasteiger partial charge in [0.2, 0.25) is 0 Å². The van der Waals surface area contributed by atoms with Crippen LogP contribution in [0.4, 0.5) is 0 Å². The van der Waals surface area contributed by atoms with Crippen molar-refractivity contribution >= 4 is 28.5 Å². The fourth-order valence-electron chi connectivity index (χ4n) is 3.51. The van der Waals surface area contributed by atoms with E-state index in [0.29, 0.717) is 0 Å². The molecule has 2 aliphatic rings. The number of carbonyl (C=O) groups is 1. The molecule has 21 heavy (non-hydrogen) atoms. The molecule has 5 heteroatoms. The van der Waals surface area contributed by atoms with Crippen LogP contribution in [0.3, 0.4) is 0 Å². The Balaban J connectivity index is 1.69. The average Bonchev–Trinajstić information content (AvgIpc) is 2.98. The standard InChI is InChI=1S/C16H17ClN2O2/c1-9-6-15(16(20)21-9)19-5-4-14-12(8-19)11-7-10(17)2-3-13(11)18-14/h2-3,7,9,15,18H,4-6,8H2,1H3. The Kier molecular flexibility index (Phi) is 2.98. The number of hydrogen-bond acceptors (Lipinski definition) is 3. The van der Waals surface area contributed by atoms with Crippen LogP contribution in [-0.4, -0.2) is 34.5 Å². The van der Waals surface area contributed by atoms with Crippen LogP contribution >= 0.6 is 11.6 Å². The number of aromatic amines is 1. The van der Waals surface area contributed by atoms with Crippen molar-refractivity contribution < 1.29 is 9.53 Å². The molecule has 0 spiro atoms. The minimum Gasteiger partial charge on any atom is -0.461 e. The quantitative estimate of drug-likeness (QED) is 0.824. The van der Waals surface area contributed by atoms with Crippen LogP contribution < -0.4 is 0 Å². The topological polar surface area (TPSA) is 45.3 Å². The lowest BCUT2D eigenvalue weighted by molar-refractivity contribution is -0.145. The first-order valence-electron chi connectivity index (χ1n) is 7.35. The van der Waals surface area contributed by atoms with Crippen molar-refractivity contribution in [2.45, 2.75) is 38.5 Å². The van der Waals surface area contributed by atoms with Crippen LogP contribution in [0.25, 0.3) is 10.9 Å². The molecule has 3 heterocycles. The van der Waals surface area contributed by atoms with Crippen LogP contribution in [0.15, 0.2) is 18.2 Å². The fraction of sp³-hybridized carbons (Fsp3) is 0.438. The van der Waals surface area contributed by atoms with E-state index < -0.39 is 0 Å². The third-order valence-corrected chi connectivity index (χ3v) is 4.79. The van der Waals surface area contributed by atoms with E-state index in [1.807, 2.05) is 25.1 Å². The Labute approximate surface area is 128 Å². The van der Waals surface area contributed by atoms with Gasteiger partial charge in [-0.1, -0.05) is 11.6 Å². The summed E-state index contributed by atoms with van der Waals surface area (Å²) >= 11 is 6.12. The van der Waals surface area contributed by atoms with Crippen molar-refractivity contribution in [2.24, 2.45) is 0 Å². The smallest absolute Gasteiger partial charge is 0.323 e. The highest BCUT2D eigenvalue weighted by Gasteiger charge is 2.38. The molecule has 0 aliphatic carbocycles. The number of cyclic esters (lactones) is 1. The SMILES string of the molecule is CC1CC(N2CCc3[nH]c4ccc(Cl)cc4c3C2)C(=O)O1. The van der Waals surface area contributed by atoms with E-state index in [-0.39, 0.29) is 18.1 Å². The first-order chi connectivity index (χ1) is 10.1. The van der Waals surface area contributed by atoms with E-state index in [2.05, 4.69) is 9.88 Å². The number of carbonyl (C=O) groups excluding carboxylic acids is 1. The molecule has 0 saturated carbocycles. The number of H-pyrrole nitrogens is 1. The van der Waals surface area contributed by atoms with Gasteiger partial charge in [-0.15, -0.1) is 0 Å². The van der Waals surface area contributed by atoms with Crippen molar-refractivity contribution in [1.29, 1.82) is 0 Å². The molecule has 2 unspecified atom stereocenters. The van der Waals surface area contributed by atoms with Crippen molar-refractivity contribution in [1.82, 2.24) is 9.88 Å². The normalized spacial score (nSPS) is 26.1. The lowest BCUT2D eigenvalue weighted by Crippen LogP contribution is -2.41. The maximum Gasteiger partial charge on any atom is 0.323 e. The first-order valence-corrected chi connectivity index (χ1v) is 7.73. The summed E-state index contributed by atoms with van der Waals surface area (Å²) in [7, 11) is 0. The largest absolute Gasteiger partial charge is 0.461 e. The number of rotatable bonds is 1. The number of nitrogens with one attached hydrogen (secondary N) is 1. The molecule has 0 bridgehead atoms. The Morgan fingerprint density at radius 1 is 1.43 bits per heavy atom. The Morgan fingerprint density at radius 3 is 3.05 bits per heavy atom. The highest BCUT2D eigenvalue weighted by molar-refractivity contribution is 6.31. The van der Waals surface area contributed by atoms with Gasteiger partial charge in [0.15, 0.2) is 0 Å². The molecule has 4 rings (SSSR count). The average molecular weight is 305 g/mol. The third kappa shape index (κ3) is 2.14. The summed E-state index contributed by atoms with van der Waals surface area (Å²) in [6, 6.07) is 5.83. The molecule has 2 aliphatic heterocycles. The zero-order valence-electron chi connectivity index (χ0n) is 11.9. The number of benzene rings is 1. The maximum atomic E-state index is 12.0. The van der Waals surface area contributed by atoms with Crippen LogP contribution in [0.1, 0.15) is 24.6 Å². The van der Waals surface area contributed by atoms with Gasteiger partial charge in [0, 0.05) is 47.6 Å². The molecule has 1 aromatic carbocycles. The van der Waals surface area contributed by atoms with Gasteiger partial charge in [0.1, 0.15) is 12.1 Å². The lowest BCUT2D eigenvalue weighted by atomic mass is 10.0.